The fraction of sp³-hybridized carbons (Fsp3) is 0.308. The van der Waals surface area contributed by atoms with Gasteiger partial charge in [-0.05, 0) is 17.9 Å². The molecule has 1 aliphatic heterocycles. The zero-order valence-corrected chi connectivity index (χ0v) is 20.2. The molecule has 34 heavy (non-hydrogen) atoms. The molecule has 0 bridgehead atoms. The zero-order chi connectivity index (χ0) is 23.9. The number of ether oxygens (including phenoxy) is 1. The lowest BCUT2D eigenvalue weighted by atomic mass is 9.73. The minimum absolute atomic E-state index is 0.0157. The Bertz CT molecular complexity index is 1300. The third kappa shape index (κ3) is 4.14. The highest BCUT2D eigenvalue weighted by atomic mass is 32.2. The Labute approximate surface area is 202 Å². The van der Waals surface area contributed by atoms with E-state index in [-0.39, 0.29) is 22.7 Å². The average Bonchev–Trinajstić information content (AvgIpc) is 3.23. The third-order valence-electron chi connectivity index (χ3n) is 6.17. The molecule has 0 amide bonds. The Balaban J connectivity index is 1.52. The number of aromatic nitrogens is 3. The summed E-state index contributed by atoms with van der Waals surface area (Å²) in [6.45, 7) is 4.20. The van der Waals surface area contributed by atoms with Crippen molar-refractivity contribution < 1.29 is 14.3 Å². The number of thioether (sulfide) groups is 1. The number of carbonyl (C=O) groups excluding carboxylic acids is 2. The van der Waals surface area contributed by atoms with Gasteiger partial charge in [0.15, 0.2) is 11.6 Å². The second-order valence-corrected chi connectivity index (χ2v) is 10.3. The molecule has 8 heteroatoms. The van der Waals surface area contributed by atoms with E-state index in [9.17, 15) is 9.59 Å². The molecule has 1 atom stereocenters. The van der Waals surface area contributed by atoms with Crippen molar-refractivity contribution in [2.45, 2.75) is 37.9 Å². The van der Waals surface area contributed by atoms with E-state index in [1.165, 1.54) is 11.8 Å². The van der Waals surface area contributed by atoms with Crippen molar-refractivity contribution in [1.29, 1.82) is 0 Å². The number of ketones is 2. The van der Waals surface area contributed by atoms with Gasteiger partial charge in [0.2, 0.25) is 11.1 Å². The number of methoxy groups -OCH3 is 1. The highest BCUT2D eigenvalue weighted by molar-refractivity contribution is 7.99. The number of hydrogen-bond acceptors (Lipinski definition) is 7. The van der Waals surface area contributed by atoms with Crippen LogP contribution < -0.4 is 10.1 Å². The van der Waals surface area contributed by atoms with Gasteiger partial charge < -0.3 is 10.1 Å². The van der Waals surface area contributed by atoms with Crippen LogP contribution in [-0.2, 0) is 4.79 Å². The van der Waals surface area contributed by atoms with E-state index in [2.05, 4.69) is 24.1 Å². The summed E-state index contributed by atoms with van der Waals surface area (Å²) in [4.78, 5) is 30.6. The van der Waals surface area contributed by atoms with E-state index in [4.69, 9.17) is 9.84 Å². The molecule has 0 fully saturated rings. The molecule has 1 unspecified atom stereocenters. The number of fused-ring (bicyclic) bond motifs is 1. The Morgan fingerprint density at radius 3 is 2.65 bits per heavy atom. The Hall–Kier alpha value is -3.39. The van der Waals surface area contributed by atoms with Crippen LogP contribution in [0.4, 0.5) is 5.95 Å². The van der Waals surface area contributed by atoms with Crippen molar-refractivity contribution in [3.8, 4) is 5.75 Å². The molecule has 5 rings (SSSR count). The summed E-state index contributed by atoms with van der Waals surface area (Å²) in [5.41, 5.74) is 2.96. The number of nitrogens with one attached hydrogen (secondary N) is 1. The molecule has 0 saturated carbocycles. The summed E-state index contributed by atoms with van der Waals surface area (Å²) in [5, 5.41) is 8.58. The molecule has 3 aromatic rings. The fourth-order valence-corrected chi connectivity index (χ4v) is 5.39. The fourth-order valence-electron chi connectivity index (χ4n) is 4.67. The van der Waals surface area contributed by atoms with Crippen LogP contribution in [0.3, 0.4) is 0 Å². The number of rotatable bonds is 6. The molecule has 7 nitrogen and oxygen atoms in total. The van der Waals surface area contributed by atoms with Crippen molar-refractivity contribution in [1.82, 2.24) is 14.8 Å². The molecule has 2 heterocycles. The molecule has 2 aliphatic rings. The number of anilines is 1. The van der Waals surface area contributed by atoms with Crippen molar-refractivity contribution in [3.63, 3.8) is 0 Å². The molecule has 0 spiro atoms. The van der Waals surface area contributed by atoms with Gasteiger partial charge in [0.05, 0.1) is 12.9 Å². The minimum atomic E-state index is -0.447. The first-order valence-corrected chi connectivity index (χ1v) is 12.2. The van der Waals surface area contributed by atoms with Crippen LogP contribution in [0.2, 0.25) is 0 Å². The second-order valence-electron chi connectivity index (χ2n) is 9.34. The molecule has 174 valence electrons. The van der Waals surface area contributed by atoms with Gasteiger partial charge >= 0.3 is 0 Å². The summed E-state index contributed by atoms with van der Waals surface area (Å²) in [5.74, 6) is 1.60. The topological polar surface area (TPSA) is 86.1 Å². The Morgan fingerprint density at radius 1 is 1.15 bits per heavy atom. The van der Waals surface area contributed by atoms with Crippen molar-refractivity contribution in [2.24, 2.45) is 5.41 Å². The molecule has 1 aliphatic carbocycles. The summed E-state index contributed by atoms with van der Waals surface area (Å²) >= 11 is 1.29. The van der Waals surface area contributed by atoms with Gasteiger partial charge in [-0.25, -0.2) is 4.68 Å². The van der Waals surface area contributed by atoms with E-state index in [1.807, 2.05) is 42.5 Å². The number of hydrogen-bond donors (Lipinski definition) is 1. The lowest BCUT2D eigenvalue weighted by Gasteiger charge is -2.38. The van der Waals surface area contributed by atoms with Gasteiger partial charge in [0.1, 0.15) is 11.8 Å². The predicted molar refractivity (Wildman–Crippen MR) is 131 cm³/mol. The Kier molecular flexibility index (Phi) is 5.77. The first-order valence-electron chi connectivity index (χ1n) is 11.2. The highest BCUT2D eigenvalue weighted by Gasteiger charge is 2.42. The van der Waals surface area contributed by atoms with E-state index in [0.717, 1.165) is 17.7 Å². The van der Waals surface area contributed by atoms with Gasteiger partial charge in [-0.15, -0.1) is 5.10 Å². The maximum absolute atomic E-state index is 13.4. The summed E-state index contributed by atoms with van der Waals surface area (Å²) in [6.07, 6.45) is 1.21. The third-order valence-corrected chi connectivity index (χ3v) is 7.01. The molecule has 0 radical (unpaired) electrons. The lowest BCUT2D eigenvalue weighted by Crippen LogP contribution is -2.36. The van der Waals surface area contributed by atoms with E-state index in [1.54, 1.807) is 23.9 Å². The van der Waals surface area contributed by atoms with Crippen molar-refractivity contribution >= 4 is 29.3 Å². The number of nitrogens with zero attached hydrogens (tertiary/aromatic N) is 3. The largest absolute Gasteiger partial charge is 0.496 e. The van der Waals surface area contributed by atoms with Crippen molar-refractivity contribution in [2.75, 3.05) is 18.2 Å². The van der Waals surface area contributed by atoms with Crippen LogP contribution in [0.5, 0.6) is 5.75 Å². The standard InChI is InChI=1S/C26H26N4O3S/c1-26(2)13-18-22(19(31)14-26)23(17-11-7-8-12-21(17)33-3)30-24(27-18)28-25(29-30)34-15-20(32)16-9-5-4-6-10-16/h4-12,23H,13-15H2,1-3H3,(H,27,28,29). The zero-order valence-electron chi connectivity index (χ0n) is 19.4. The van der Waals surface area contributed by atoms with Crippen LogP contribution in [-0.4, -0.2) is 39.2 Å². The SMILES string of the molecule is COc1ccccc1C1C2=C(CC(C)(C)CC2=O)Nc2nc(SCC(=O)c3ccccc3)nn21. The first kappa shape index (κ1) is 22.4. The summed E-state index contributed by atoms with van der Waals surface area (Å²) in [6, 6.07) is 16.4. The number of allylic oxidation sites excluding steroid dienone is 2. The maximum Gasteiger partial charge on any atom is 0.227 e. The number of carbonyl (C=O) groups is 2. The van der Waals surface area contributed by atoms with Crippen LogP contribution in [0.15, 0.2) is 71.0 Å². The quantitative estimate of drug-likeness (QED) is 0.401. The van der Waals surface area contributed by atoms with Crippen LogP contribution in [0.1, 0.15) is 48.7 Å². The monoisotopic (exact) mass is 474 g/mol. The molecular formula is C26H26N4O3S. The van der Waals surface area contributed by atoms with E-state index in [0.29, 0.717) is 34.4 Å². The van der Waals surface area contributed by atoms with E-state index < -0.39 is 6.04 Å². The van der Waals surface area contributed by atoms with E-state index >= 15 is 0 Å². The Morgan fingerprint density at radius 2 is 1.88 bits per heavy atom. The van der Waals surface area contributed by atoms with Crippen LogP contribution >= 0.6 is 11.8 Å². The summed E-state index contributed by atoms with van der Waals surface area (Å²) < 4.78 is 7.39. The molecule has 2 aromatic carbocycles. The van der Waals surface area contributed by atoms with Gasteiger partial charge in [-0.3, -0.25) is 9.59 Å². The highest BCUT2D eigenvalue weighted by Crippen LogP contribution is 2.47. The lowest BCUT2D eigenvalue weighted by molar-refractivity contribution is -0.118. The number of benzene rings is 2. The first-order chi connectivity index (χ1) is 16.4. The smallest absolute Gasteiger partial charge is 0.227 e. The molecular weight excluding hydrogens is 448 g/mol. The normalized spacial score (nSPS) is 18.7. The van der Waals surface area contributed by atoms with Gasteiger partial charge in [0, 0.05) is 28.8 Å². The molecule has 0 saturated heterocycles. The maximum atomic E-state index is 13.4. The molecule has 1 aromatic heterocycles. The number of para-hydroxylation sites is 1. The average molecular weight is 475 g/mol. The number of Topliss-reactive ketones (excluding diaryl/α,β-unsaturated/α-hetero) is 2. The van der Waals surface area contributed by atoms with Gasteiger partial charge in [0.25, 0.3) is 0 Å². The van der Waals surface area contributed by atoms with Gasteiger partial charge in [-0.1, -0.05) is 74.1 Å². The predicted octanol–water partition coefficient (Wildman–Crippen LogP) is 4.92. The minimum Gasteiger partial charge on any atom is -0.496 e. The van der Waals surface area contributed by atoms with Crippen LogP contribution in [0, 0.1) is 5.41 Å². The summed E-state index contributed by atoms with van der Waals surface area (Å²) in [7, 11) is 1.62. The second kappa shape index (κ2) is 8.76. The van der Waals surface area contributed by atoms with Gasteiger partial charge in [-0.2, -0.15) is 4.98 Å². The molecule has 1 N–H and O–H groups in total. The van der Waals surface area contributed by atoms with Crippen molar-refractivity contribution in [3.05, 3.63) is 77.0 Å². The van der Waals surface area contributed by atoms with Crippen LogP contribution in [0.25, 0.3) is 0 Å².